The molecule has 0 heterocycles. The summed E-state index contributed by atoms with van der Waals surface area (Å²) in [4.78, 5) is 12.0. The van der Waals surface area contributed by atoms with Gasteiger partial charge in [0.1, 0.15) is 23.9 Å². The van der Waals surface area contributed by atoms with Crippen LogP contribution in [0.15, 0.2) is 78.9 Å². The zero-order chi connectivity index (χ0) is 16.8. The van der Waals surface area contributed by atoms with Crippen LogP contribution < -0.4 is 4.74 Å². The number of benzene rings is 3. The second-order valence-corrected chi connectivity index (χ2v) is 5.11. The molecule has 0 unspecified atom stereocenters. The van der Waals surface area contributed by atoms with Crippen LogP contribution >= 0.6 is 0 Å². The van der Waals surface area contributed by atoms with Crippen molar-refractivity contribution in [2.75, 3.05) is 0 Å². The van der Waals surface area contributed by atoms with E-state index in [0.29, 0.717) is 22.6 Å². The summed E-state index contributed by atoms with van der Waals surface area (Å²) >= 11 is 0. The molecule has 24 heavy (non-hydrogen) atoms. The van der Waals surface area contributed by atoms with Gasteiger partial charge in [-0.1, -0.05) is 36.4 Å². The summed E-state index contributed by atoms with van der Waals surface area (Å²) in [5, 5.41) is 0. The molecule has 0 amide bonds. The lowest BCUT2D eigenvalue weighted by molar-refractivity contribution is 0.0469. The Bertz CT molecular complexity index is 814. The largest absolute Gasteiger partial charge is 0.457 e. The Kier molecular flexibility index (Phi) is 4.87. The molecule has 0 N–H and O–H groups in total. The van der Waals surface area contributed by atoms with Crippen LogP contribution in [-0.4, -0.2) is 5.97 Å². The number of hydrogen-bond donors (Lipinski definition) is 0. The third kappa shape index (κ3) is 3.98. The van der Waals surface area contributed by atoms with E-state index in [0.717, 1.165) is 0 Å². The second-order valence-electron chi connectivity index (χ2n) is 5.11. The molecule has 3 rings (SSSR count). The quantitative estimate of drug-likeness (QED) is 0.622. The van der Waals surface area contributed by atoms with Gasteiger partial charge in [0.15, 0.2) is 0 Å². The van der Waals surface area contributed by atoms with Gasteiger partial charge in [0.05, 0.1) is 5.56 Å². The number of para-hydroxylation sites is 1. The zero-order valence-electron chi connectivity index (χ0n) is 12.8. The summed E-state index contributed by atoms with van der Waals surface area (Å²) in [7, 11) is 0. The first-order valence-corrected chi connectivity index (χ1v) is 7.46. The fourth-order valence-electron chi connectivity index (χ4n) is 2.13. The smallest absolute Gasteiger partial charge is 0.338 e. The molecule has 0 saturated heterocycles. The molecule has 3 aromatic carbocycles. The Hall–Kier alpha value is -3.14. The molecule has 0 spiro atoms. The lowest BCUT2D eigenvalue weighted by Crippen LogP contribution is -2.06. The normalized spacial score (nSPS) is 10.2. The van der Waals surface area contributed by atoms with Crippen LogP contribution in [-0.2, 0) is 11.3 Å². The predicted molar refractivity (Wildman–Crippen MR) is 88.5 cm³/mol. The molecule has 0 aliphatic rings. The summed E-state index contributed by atoms with van der Waals surface area (Å²) < 4.78 is 24.3. The first-order valence-electron chi connectivity index (χ1n) is 7.46. The molecule has 0 aromatic heterocycles. The third-order valence-corrected chi connectivity index (χ3v) is 3.39. The van der Waals surface area contributed by atoms with Gasteiger partial charge in [0.2, 0.25) is 0 Å². The maximum atomic E-state index is 13.5. The van der Waals surface area contributed by atoms with Gasteiger partial charge < -0.3 is 9.47 Å². The van der Waals surface area contributed by atoms with Crippen molar-refractivity contribution in [3.63, 3.8) is 0 Å². The maximum Gasteiger partial charge on any atom is 0.338 e. The van der Waals surface area contributed by atoms with E-state index in [1.807, 2.05) is 30.3 Å². The summed E-state index contributed by atoms with van der Waals surface area (Å²) in [6.07, 6.45) is 0. The molecule has 0 saturated carbocycles. The van der Waals surface area contributed by atoms with Crippen molar-refractivity contribution in [3.8, 4) is 11.5 Å². The summed E-state index contributed by atoms with van der Waals surface area (Å²) in [6, 6.07) is 22.2. The Morgan fingerprint density at radius 3 is 2.12 bits per heavy atom. The van der Waals surface area contributed by atoms with E-state index >= 15 is 0 Å². The van der Waals surface area contributed by atoms with E-state index in [4.69, 9.17) is 9.47 Å². The van der Waals surface area contributed by atoms with Gasteiger partial charge in [0.25, 0.3) is 0 Å². The van der Waals surface area contributed by atoms with E-state index < -0.39 is 11.8 Å². The lowest BCUT2D eigenvalue weighted by Gasteiger charge is -2.08. The first kappa shape index (κ1) is 15.7. The average Bonchev–Trinajstić information content (AvgIpc) is 2.62. The van der Waals surface area contributed by atoms with Crippen LogP contribution in [0.4, 0.5) is 4.39 Å². The Labute approximate surface area is 139 Å². The number of rotatable bonds is 5. The Balaban J connectivity index is 1.61. The third-order valence-electron chi connectivity index (χ3n) is 3.39. The standard InChI is InChI=1S/C20H15FO3/c21-19-9-5-4-6-16(19)14-23-20(22)15-10-12-18(13-11-15)24-17-7-2-1-3-8-17/h1-13H,14H2. The maximum absolute atomic E-state index is 13.5. The van der Waals surface area contributed by atoms with Gasteiger partial charge >= 0.3 is 5.97 Å². The van der Waals surface area contributed by atoms with Crippen LogP contribution in [0.3, 0.4) is 0 Å². The van der Waals surface area contributed by atoms with Crippen molar-refractivity contribution in [1.82, 2.24) is 0 Å². The molecule has 3 nitrogen and oxygen atoms in total. The van der Waals surface area contributed by atoms with Gasteiger partial charge in [-0.25, -0.2) is 9.18 Å². The highest BCUT2D eigenvalue weighted by molar-refractivity contribution is 5.89. The molecule has 0 radical (unpaired) electrons. The number of carbonyl (C=O) groups is 1. The summed E-state index contributed by atoms with van der Waals surface area (Å²) in [5.41, 5.74) is 0.724. The van der Waals surface area contributed by atoms with Crippen molar-refractivity contribution in [1.29, 1.82) is 0 Å². The first-order chi connectivity index (χ1) is 11.7. The van der Waals surface area contributed by atoms with Crippen LogP contribution in [0.25, 0.3) is 0 Å². The predicted octanol–water partition coefficient (Wildman–Crippen LogP) is 4.98. The van der Waals surface area contributed by atoms with Crippen LogP contribution in [0.5, 0.6) is 11.5 Å². The molecular weight excluding hydrogens is 307 g/mol. The van der Waals surface area contributed by atoms with E-state index in [-0.39, 0.29) is 6.61 Å². The molecule has 0 aliphatic heterocycles. The van der Waals surface area contributed by atoms with Crippen molar-refractivity contribution >= 4 is 5.97 Å². The van der Waals surface area contributed by atoms with Gasteiger partial charge in [-0.05, 0) is 42.5 Å². The molecular formula is C20H15FO3. The van der Waals surface area contributed by atoms with Crippen LogP contribution in [0.2, 0.25) is 0 Å². The zero-order valence-corrected chi connectivity index (χ0v) is 12.8. The average molecular weight is 322 g/mol. The summed E-state index contributed by atoms with van der Waals surface area (Å²) in [5.74, 6) is 0.431. The Morgan fingerprint density at radius 1 is 0.792 bits per heavy atom. The highest BCUT2D eigenvalue weighted by atomic mass is 19.1. The Morgan fingerprint density at radius 2 is 1.42 bits per heavy atom. The topological polar surface area (TPSA) is 35.5 Å². The van der Waals surface area contributed by atoms with Crippen LogP contribution in [0, 0.1) is 5.82 Å². The lowest BCUT2D eigenvalue weighted by atomic mass is 10.2. The molecule has 3 aromatic rings. The minimum Gasteiger partial charge on any atom is -0.457 e. The van der Waals surface area contributed by atoms with Crippen molar-refractivity contribution in [2.24, 2.45) is 0 Å². The van der Waals surface area contributed by atoms with E-state index in [9.17, 15) is 9.18 Å². The monoisotopic (exact) mass is 322 g/mol. The second kappa shape index (κ2) is 7.42. The fraction of sp³-hybridized carbons (Fsp3) is 0.0500. The van der Waals surface area contributed by atoms with Crippen molar-refractivity contribution in [3.05, 3.63) is 95.8 Å². The van der Waals surface area contributed by atoms with Crippen molar-refractivity contribution in [2.45, 2.75) is 6.61 Å². The molecule has 0 atom stereocenters. The fourth-order valence-corrected chi connectivity index (χ4v) is 2.13. The van der Waals surface area contributed by atoms with Crippen molar-refractivity contribution < 1.29 is 18.7 Å². The van der Waals surface area contributed by atoms with Gasteiger partial charge in [-0.15, -0.1) is 0 Å². The van der Waals surface area contributed by atoms with E-state index in [1.165, 1.54) is 6.07 Å². The minimum absolute atomic E-state index is 0.103. The number of ether oxygens (including phenoxy) is 2. The van der Waals surface area contributed by atoms with Gasteiger partial charge in [0, 0.05) is 5.56 Å². The van der Waals surface area contributed by atoms with Crippen LogP contribution in [0.1, 0.15) is 15.9 Å². The number of halogens is 1. The van der Waals surface area contributed by atoms with E-state index in [1.54, 1.807) is 42.5 Å². The highest BCUT2D eigenvalue weighted by Crippen LogP contribution is 2.21. The number of carbonyl (C=O) groups excluding carboxylic acids is 1. The molecule has 0 bridgehead atoms. The molecule has 4 heteroatoms. The van der Waals surface area contributed by atoms with Gasteiger partial charge in [-0.3, -0.25) is 0 Å². The highest BCUT2D eigenvalue weighted by Gasteiger charge is 2.09. The molecule has 0 aliphatic carbocycles. The number of hydrogen-bond acceptors (Lipinski definition) is 3. The van der Waals surface area contributed by atoms with Gasteiger partial charge in [-0.2, -0.15) is 0 Å². The molecule has 0 fully saturated rings. The van der Waals surface area contributed by atoms with E-state index in [2.05, 4.69) is 0 Å². The number of esters is 1. The SMILES string of the molecule is O=C(OCc1ccccc1F)c1ccc(Oc2ccccc2)cc1. The molecule has 120 valence electrons. The minimum atomic E-state index is -0.510. The summed E-state index contributed by atoms with van der Waals surface area (Å²) in [6.45, 7) is -0.103.